The predicted molar refractivity (Wildman–Crippen MR) is 196 cm³/mol. The van der Waals surface area contributed by atoms with Gasteiger partial charge in [0.2, 0.25) is 5.69 Å². The summed E-state index contributed by atoms with van der Waals surface area (Å²) in [5.41, 5.74) is 4.76. The van der Waals surface area contributed by atoms with E-state index in [9.17, 15) is 31.4 Å². The van der Waals surface area contributed by atoms with Crippen LogP contribution >= 0.6 is 23.8 Å². The largest absolute Gasteiger partial charge is 0.744 e. The summed E-state index contributed by atoms with van der Waals surface area (Å²) in [6.07, 6.45) is 12.2. The van der Waals surface area contributed by atoms with Gasteiger partial charge in [-0.2, -0.15) is 17.3 Å². The van der Waals surface area contributed by atoms with Crippen molar-refractivity contribution in [3.05, 3.63) is 83.6 Å². The number of allylic oxidation sites excluding steroid dienone is 6. The molecule has 16 heteroatoms. The molecule has 0 spiro atoms. The number of fused-ring (bicyclic) bond motifs is 2. The van der Waals surface area contributed by atoms with Crippen molar-refractivity contribution < 1.29 is 49.9 Å². The van der Waals surface area contributed by atoms with Crippen molar-refractivity contribution in [2.24, 2.45) is 0 Å². The van der Waals surface area contributed by atoms with Crippen LogP contribution < -0.4 is 10.2 Å². The fourth-order valence-corrected chi connectivity index (χ4v) is 9.14. The van der Waals surface area contributed by atoms with E-state index in [1.165, 1.54) is 12.1 Å². The van der Waals surface area contributed by atoms with Gasteiger partial charge in [-0.05, 0) is 75.6 Å². The lowest BCUT2D eigenvalue weighted by atomic mass is 9.81. The van der Waals surface area contributed by atoms with Crippen LogP contribution in [0.4, 0.5) is 11.4 Å². The first-order valence-corrected chi connectivity index (χ1v) is 21.1. The van der Waals surface area contributed by atoms with Gasteiger partial charge in [-0.25, -0.2) is 8.42 Å². The second-order valence-electron chi connectivity index (χ2n) is 13.2. The maximum absolute atomic E-state index is 12.1. The zero-order chi connectivity index (χ0) is 37.6. The molecule has 2 aromatic rings. The van der Waals surface area contributed by atoms with Crippen molar-refractivity contribution in [3.8, 4) is 0 Å². The summed E-state index contributed by atoms with van der Waals surface area (Å²) >= 11 is 1.75. The van der Waals surface area contributed by atoms with Crippen LogP contribution in [0.2, 0.25) is 0 Å². The van der Waals surface area contributed by atoms with Gasteiger partial charge in [0.25, 0.3) is 10.1 Å². The molecule has 0 bridgehead atoms. The van der Waals surface area contributed by atoms with E-state index in [4.69, 9.17) is 4.55 Å². The lowest BCUT2D eigenvalue weighted by Gasteiger charge is -2.25. The molecule has 2 heterocycles. The quantitative estimate of drug-likeness (QED) is 0.0393. The maximum atomic E-state index is 12.1. The molecular weight excluding hydrogens is 737 g/mol. The molecule has 51 heavy (non-hydrogen) atoms. The van der Waals surface area contributed by atoms with E-state index in [0.717, 1.165) is 82.0 Å². The van der Waals surface area contributed by atoms with Crippen molar-refractivity contribution in [1.29, 1.82) is 0 Å². The molecule has 0 saturated carbocycles. The van der Waals surface area contributed by atoms with E-state index < -0.39 is 31.4 Å². The first kappa shape index (κ1) is 41.0. The van der Waals surface area contributed by atoms with E-state index in [0.29, 0.717) is 13.0 Å². The Morgan fingerprint density at radius 3 is 2.39 bits per heavy atom. The molecule has 0 atom stereocenters. The highest BCUT2D eigenvalue weighted by molar-refractivity contribution is 8.14. The third kappa shape index (κ3) is 10.00. The van der Waals surface area contributed by atoms with E-state index in [-0.39, 0.29) is 27.6 Å². The monoisotopic (exact) mass is 779 g/mol. The molecule has 0 radical (unpaired) electrons. The Kier molecular flexibility index (Phi) is 13.6. The number of carbonyl (C=O) groups is 1. The zero-order valence-electron chi connectivity index (χ0n) is 29.2. The van der Waals surface area contributed by atoms with Crippen LogP contribution in [-0.4, -0.2) is 65.9 Å². The number of anilines is 1. The first-order valence-electron chi connectivity index (χ1n) is 16.4. The first-order chi connectivity index (χ1) is 23.9. The Morgan fingerprint density at radius 2 is 1.73 bits per heavy atom. The lowest BCUT2D eigenvalue weighted by molar-refractivity contribution is -0.777. The van der Waals surface area contributed by atoms with Gasteiger partial charge >= 0.3 is 0 Å². The van der Waals surface area contributed by atoms with Crippen molar-refractivity contribution in [3.63, 3.8) is 0 Å². The molecule has 0 aromatic heterocycles. The highest BCUT2D eigenvalue weighted by atomic mass is 32.2. The maximum Gasteiger partial charge on any atom is 0.265 e. The summed E-state index contributed by atoms with van der Waals surface area (Å²) in [6.45, 7) is 11.7. The Bertz CT molecular complexity index is 1970. The molecule has 2 aliphatic rings. The number of likely N-dealkylation sites (N-methyl/N-ethyl adjacent to an activating group) is 1. The van der Waals surface area contributed by atoms with Crippen molar-refractivity contribution >= 4 is 66.2 Å². The second-order valence-corrected chi connectivity index (χ2v) is 18.1. The van der Waals surface area contributed by atoms with Crippen LogP contribution in [0.5, 0.6) is 0 Å². The van der Waals surface area contributed by atoms with Gasteiger partial charge in [-0.3, -0.25) is 14.4 Å². The highest BCUT2D eigenvalue weighted by Gasteiger charge is 2.44. The standard InChI is InChI=1S/C35H44N2O10S4/c1-6-36-29-18-16-25(49-47-46-39)23-27(29)34(2,3)31(36)13-9-7-10-14-32-35(4,5)28-24-26(51(43,44)45)17-19-30(28)37(32)20-12-8-11-15-33(38)48-21-22-50(40,41)42/h7,9-10,13-14,16-19,23-24H,6,8,11-12,15,20-22H2,1-5H3,(H2-,39,40,41,42,43,44,45)/p-1. The third-order valence-electron chi connectivity index (χ3n) is 9.09. The smallest absolute Gasteiger partial charge is 0.265 e. The average Bonchev–Trinajstić information content (AvgIpc) is 3.39. The zero-order valence-corrected chi connectivity index (χ0v) is 32.4. The molecule has 1 N–H and O–H groups in total. The normalized spacial score (nSPS) is 17.6. The molecule has 0 fully saturated rings. The minimum absolute atomic E-state index is 0.00727. The number of hydrogen-bond donors (Lipinski definition) is 1. The van der Waals surface area contributed by atoms with Gasteiger partial charge in [0.1, 0.15) is 16.7 Å². The van der Waals surface area contributed by atoms with Gasteiger partial charge in [0, 0.05) is 64.5 Å². The van der Waals surface area contributed by atoms with Crippen LogP contribution in [0.1, 0.15) is 71.4 Å². The molecule has 0 unspecified atom stereocenters. The Hall–Kier alpha value is -2.80. The van der Waals surface area contributed by atoms with E-state index in [2.05, 4.69) is 45.7 Å². The van der Waals surface area contributed by atoms with Crippen LogP contribution in [0.15, 0.2) is 82.3 Å². The minimum atomic E-state index is -4.66. The molecule has 0 amide bonds. The Labute approximate surface area is 308 Å². The Balaban J connectivity index is 1.53. The SMILES string of the molecule is CCN1C(=CC=CC=CC2=[N+](CCCCCC(=O)SCCS(=O)(=O)O)c3ccc(S(=O)(=O)[O-])cc3C2(C)C)C(C)(C)c2cc(SOO[O-])ccc21. The van der Waals surface area contributed by atoms with Crippen LogP contribution in [0, 0.1) is 0 Å². The number of thioether (sulfide) groups is 1. The summed E-state index contributed by atoms with van der Waals surface area (Å²) in [5.74, 6) is -0.462. The second kappa shape index (κ2) is 16.9. The molecule has 0 aliphatic carbocycles. The number of nitrogens with zero attached hydrogens (tertiary/aromatic N) is 2. The summed E-state index contributed by atoms with van der Waals surface area (Å²) < 4.78 is 73.0. The third-order valence-corrected chi connectivity index (χ3v) is 12.4. The minimum Gasteiger partial charge on any atom is -0.744 e. The van der Waals surface area contributed by atoms with E-state index in [1.807, 2.05) is 56.4 Å². The van der Waals surface area contributed by atoms with Crippen LogP contribution in [0.3, 0.4) is 0 Å². The average molecular weight is 780 g/mol. The van der Waals surface area contributed by atoms with Gasteiger partial charge in [0.05, 0.1) is 28.1 Å². The summed E-state index contributed by atoms with van der Waals surface area (Å²) in [7, 11) is -8.76. The van der Waals surface area contributed by atoms with E-state index >= 15 is 0 Å². The predicted octanol–water partition coefficient (Wildman–Crippen LogP) is 5.72. The van der Waals surface area contributed by atoms with Gasteiger partial charge < -0.3 is 14.7 Å². The van der Waals surface area contributed by atoms with Crippen molar-refractivity contribution in [2.45, 2.75) is 80.9 Å². The molecule has 4 rings (SSSR count). The van der Waals surface area contributed by atoms with Crippen molar-refractivity contribution in [2.75, 3.05) is 29.5 Å². The number of benzene rings is 2. The summed E-state index contributed by atoms with van der Waals surface area (Å²) in [6, 6.07) is 10.3. The lowest BCUT2D eigenvalue weighted by Crippen LogP contribution is -2.28. The molecular formula is C35H43N2O10S4-. The summed E-state index contributed by atoms with van der Waals surface area (Å²) in [4.78, 5) is 14.9. The van der Waals surface area contributed by atoms with Gasteiger partial charge in [-0.1, -0.05) is 43.8 Å². The van der Waals surface area contributed by atoms with Gasteiger partial charge in [-0.15, -0.1) is 0 Å². The molecule has 278 valence electrons. The highest BCUT2D eigenvalue weighted by Crippen LogP contribution is 2.49. The number of hydrogen-bond acceptors (Lipinski definition) is 12. The number of carbonyl (C=O) groups excluding carboxylic acids is 1. The van der Waals surface area contributed by atoms with E-state index in [1.54, 1.807) is 6.07 Å². The fourth-order valence-electron chi connectivity index (χ4n) is 6.56. The topological polar surface area (TPSA) is 176 Å². The number of rotatable bonds is 17. The van der Waals surface area contributed by atoms with Gasteiger partial charge in [0.15, 0.2) is 10.8 Å². The molecule has 2 aliphatic heterocycles. The molecule has 2 aromatic carbocycles. The summed E-state index contributed by atoms with van der Waals surface area (Å²) in [5, 5.41) is 13.7. The van der Waals surface area contributed by atoms with Crippen LogP contribution in [-0.2, 0) is 45.2 Å². The number of unbranched alkanes of at least 4 members (excludes halogenated alkanes) is 2. The van der Waals surface area contributed by atoms with Crippen LogP contribution in [0.25, 0.3) is 0 Å². The molecule has 12 nitrogen and oxygen atoms in total. The van der Waals surface area contributed by atoms with Crippen molar-refractivity contribution in [1.82, 2.24) is 0 Å². The Morgan fingerprint density at radius 1 is 0.980 bits per heavy atom. The molecule has 0 saturated heterocycles. The fraction of sp³-hybridized carbons (Fsp3) is 0.429.